The van der Waals surface area contributed by atoms with Gasteiger partial charge in [0.1, 0.15) is 17.5 Å². The molecule has 2 aromatic carbocycles. The van der Waals surface area contributed by atoms with Crippen molar-refractivity contribution in [3.63, 3.8) is 0 Å². The van der Waals surface area contributed by atoms with Crippen LogP contribution in [0.25, 0.3) is 0 Å². The van der Waals surface area contributed by atoms with Crippen molar-refractivity contribution in [3.8, 4) is 11.5 Å². The van der Waals surface area contributed by atoms with E-state index >= 15 is 0 Å². The zero-order valence-corrected chi connectivity index (χ0v) is 14.5. The summed E-state index contributed by atoms with van der Waals surface area (Å²) in [5.74, 6) is 0.589. The molecular weight excluding hydrogens is 344 g/mol. The van der Waals surface area contributed by atoms with Gasteiger partial charge in [0.05, 0.1) is 32.0 Å². The predicted molar refractivity (Wildman–Crippen MR) is 95.5 cm³/mol. The van der Waals surface area contributed by atoms with E-state index in [9.17, 15) is 9.59 Å². The zero-order valence-electron chi connectivity index (χ0n) is 13.8. The van der Waals surface area contributed by atoms with Crippen LogP contribution >= 0.6 is 11.6 Å². The second-order valence-electron chi connectivity index (χ2n) is 5.51. The topological polar surface area (TPSA) is 67.9 Å². The Kier molecular flexibility index (Phi) is 4.81. The number of nitrogens with zero attached hydrogens (tertiary/aromatic N) is 1. The molecule has 0 aromatic heterocycles. The van der Waals surface area contributed by atoms with Crippen molar-refractivity contribution in [2.45, 2.75) is 12.5 Å². The van der Waals surface area contributed by atoms with Crippen LogP contribution in [0, 0.1) is 0 Å². The first kappa shape index (κ1) is 17.1. The highest BCUT2D eigenvalue weighted by molar-refractivity contribution is 6.30. The zero-order chi connectivity index (χ0) is 18.0. The Morgan fingerprint density at radius 2 is 1.80 bits per heavy atom. The number of halogens is 1. The summed E-state index contributed by atoms with van der Waals surface area (Å²) in [6.45, 7) is 0. The van der Waals surface area contributed by atoms with Gasteiger partial charge in [0, 0.05) is 11.1 Å². The van der Waals surface area contributed by atoms with Crippen LogP contribution in [0.1, 0.15) is 6.42 Å². The molecule has 1 fully saturated rings. The number of rotatable bonds is 5. The average molecular weight is 361 g/mol. The number of anilines is 2. The van der Waals surface area contributed by atoms with Crippen LogP contribution in [0.2, 0.25) is 5.02 Å². The molecule has 1 aliphatic rings. The van der Waals surface area contributed by atoms with E-state index in [1.807, 2.05) is 0 Å². The second kappa shape index (κ2) is 7.03. The van der Waals surface area contributed by atoms with E-state index in [4.69, 9.17) is 21.1 Å². The maximum absolute atomic E-state index is 12.7. The molecule has 6 nitrogen and oxygen atoms in total. The first-order chi connectivity index (χ1) is 12.0. The molecule has 0 unspecified atom stereocenters. The standard InChI is InChI=1S/C18H17ClN2O4/c1-24-13-7-8-14(16(9-13)25-2)20-15-10-17(22)21(18(15)23)12-5-3-11(19)4-6-12/h3-9,15,20H,10H2,1-2H3/t15-/m0/s1. The van der Waals surface area contributed by atoms with E-state index < -0.39 is 6.04 Å². The third-order valence-corrected chi connectivity index (χ3v) is 4.22. The summed E-state index contributed by atoms with van der Waals surface area (Å²) in [4.78, 5) is 26.1. The van der Waals surface area contributed by atoms with Gasteiger partial charge >= 0.3 is 0 Å². The molecule has 0 radical (unpaired) electrons. The lowest BCUT2D eigenvalue weighted by Gasteiger charge is -2.17. The van der Waals surface area contributed by atoms with Crippen molar-refractivity contribution < 1.29 is 19.1 Å². The van der Waals surface area contributed by atoms with Gasteiger partial charge in [-0.1, -0.05) is 11.6 Å². The largest absolute Gasteiger partial charge is 0.497 e. The lowest BCUT2D eigenvalue weighted by atomic mass is 10.2. The Labute approximate surface area is 150 Å². The minimum atomic E-state index is -0.662. The molecule has 1 heterocycles. The molecule has 0 aliphatic carbocycles. The lowest BCUT2D eigenvalue weighted by Crippen LogP contribution is -2.34. The van der Waals surface area contributed by atoms with Crippen molar-refractivity contribution in [1.29, 1.82) is 0 Å². The highest BCUT2D eigenvalue weighted by Gasteiger charge is 2.39. The molecule has 1 N–H and O–H groups in total. The second-order valence-corrected chi connectivity index (χ2v) is 5.95. The third-order valence-electron chi connectivity index (χ3n) is 3.97. The van der Waals surface area contributed by atoms with Gasteiger partial charge in [0.25, 0.3) is 5.91 Å². The van der Waals surface area contributed by atoms with Gasteiger partial charge in [0.2, 0.25) is 5.91 Å². The molecule has 7 heteroatoms. The summed E-state index contributed by atoms with van der Waals surface area (Å²) in [6.07, 6.45) is 0.0661. The maximum atomic E-state index is 12.7. The molecule has 2 amide bonds. The number of carbonyl (C=O) groups excluding carboxylic acids is 2. The van der Waals surface area contributed by atoms with Crippen LogP contribution in [0.15, 0.2) is 42.5 Å². The number of imide groups is 1. The molecular formula is C18H17ClN2O4. The van der Waals surface area contributed by atoms with Crippen LogP contribution < -0.4 is 19.7 Å². The number of benzene rings is 2. The number of hydrogen-bond acceptors (Lipinski definition) is 5. The number of methoxy groups -OCH3 is 2. The smallest absolute Gasteiger partial charge is 0.256 e. The van der Waals surface area contributed by atoms with Crippen molar-refractivity contribution in [1.82, 2.24) is 0 Å². The molecule has 0 saturated carbocycles. The molecule has 2 aromatic rings. The van der Waals surface area contributed by atoms with Crippen LogP contribution in [-0.4, -0.2) is 32.1 Å². The Morgan fingerprint density at radius 1 is 1.08 bits per heavy atom. The molecule has 1 atom stereocenters. The summed E-state index contributed by atoms with van der Waals surface area (Å²) < 4.78 is 10.5. The van der Waals surface area contributed by atoms with Gasteiger partial charge in [0.15, 0.2) is 0 Å². The molecule has 1 saturated heterocycles. The lowest BCUT2D eigenvalue weighted by molar-refractivity contribution is -0.121. The van der Waals surface area contributed by atoms with Gasteiger partial charge in [-0.2, -0.15) is 0 Å². The summed E-state index contributed by atoms with van der Waals surface area (Å²) in [5, 5.41) is 3.63. The molecule has 25 heavy (non-hydrogen) atoms. The first-order valence-electron chi connectivity index (χ1n) is 7.64. The Balaban J connectivity index is 1.82. The van der Waals surface area contributed by atoms with Gasteiger partial charge in [-0.3, -0.25) is 9.59 Å². The Hall–Kier alpha value is -2.73. The number of hydrogen-bond donors (Lipinski definition) is 1. The third kappa shape index (κ3) is 3.39. The summed E-state index contributed by atoms with van der Waals surface area (Å²) in [5.41, 5.74) is 1.12. The van der Waals surface area contributed by atoms with Crippen LogP contribution in [0.5, 0.6) is 11.5 Å². The highest BCUT2D eigenvalue weighted by atomic mass is 35.5. The average Bonchev–Trinajstić information content (AvgIpc) is 2.90. The van der Waals surface area contributed by atoms with Crippen LogP contribution in [0.4, 0.5) is 11.4 Å². The first-order valence-corrected chi connectivity index (χ1v) is 8.02. The monoisotopic (exact) mass is 360 g/mol. The van der Waals surface area contributed by atoms with Crippen molar-refractivity contribution >= 4 is 34.8 Å². The summed E-state index contributed by atoms with van der Waals surface area (Å²) >= 11 is 5.86. The highest BCUT2D eigenvalue weighted by Crippen LogP contribution is 2.32. The van der Waals surface area contributed by atoms with E-state index in [0.717, 1.165) is 0 Å². The Morgan fingerprint density at radius 3 is 2.44 bits per heavy atom. The predicted octanol–water partition coefficient (Wildman–Crippen LogP) is 3.10. The molecule has 3 rings (SSSR count). The van der Waals surface area contributed by atoms with E-state index in [0.29, 0.717) is 27.9 Å². The van der Waals surface area contributed by atoms with Crippen LogP contribution in [0.3, 0.4) is 0 Å². The van der Waals surface area contributed by atoms with Gasteiger partial charge in [-0.05, 0) is 36.4 Å². The van der Waals surface area contributed by atoms with Crippen molar-refractivity contribution in [2.24, 2.45) is 0 Å². The number of ether oxygens (including phenoxy) is 2. The van der Waals surface area contributed by atoms with Gasteiger partial charge in [-0.25, -0.2) is 4.90 Å². The molecule has 130 valence electrons. The Bertz CT molecular complexity index is 807. The SMILES string of the molecule is COc1ccc(N[C@H]2CC(=O)N(c3ccc(Cl)cc3)C2=O)c(OC)c1. The molecule has 0 spiro atoms. The van der Waals surface area contributed by atoms with E-state index in [1.165, 1.54) is 12.0 Å². The number of amides is 2. The fourth-order valence-electron chi connectivity index (χ4n) is 2.71. The summed E-state index contributed by atoms with van der Waals surface area (Å²) in [6, 6.07) is 11.1. The quantitative estimate of drug-likeness (QED) is 0.830. The van der Waals surface area contributed by atoms with E-state index in [-0.39, 0.29) is 18.2 Å². The van der Waals surface area contributed by atoms with Gasteiger partial charge < -0.3 is 14.8 Å². The van der Waals surface area contributed by atoms with Crippen LogP contribution in [-0.2, 0) is 9.59 Å². The van der Waals surface area contributed by atoms with Crippen molar-refractivity contribution in [3.05, 3.63) is 47.5 Å². The normalized spacial score (nSPS) is 16.9. The fraction of sp³-hybridized carbons (Fsp3) is 0.222. The fourth-order valence-corrected chi connectivity index (χ4v) is 2.84. The number of carbonyl (C=O) groups is 2. The molecule has 0 bridgehead atoms. The van der Waals surface area contributed by atoms with E-state index in [2.05, 4.69) is 5.32 Å². The number of nitrogens with one attached hydrogen (secondary N) is 1. The molecule has 1 aliphatic heterocycles. The van der Waals surface area contributed by atoms with Crippen molar-refractivity contribution in [2.75, 3.05) is 24.4 Å². The van der Waals surface area contributed by atoms with E-state index in [1.54, 1.807) is 49.6 Å². The minimum absolute atomic E-state index is 0.0661. The van der Waals surface area contributed by atoms with Gasteiger partial charge in [-0.15, -0.1) is 0 Å². The summed E-state index contributed by atoms with van der Waals surface area (Å²) in [7, 11) is 3.09. The maximum Gasteiger partial charge on any atom is 0.256 e. The minimum Gasteiger partial charge on any atom is -0.497 e.